The van der Waals surface area contributed by atoms with Crippen LogP contribution in [0.4, 0.5) is 0 Å². The highest BCUT2D eigenvalue weighted by Gasteiger charge is 2.34. The molecular formula is C14H10BClN2O2. The number of amides is 1. The summed E-state index contributed by atoms with van der Waals surface area (Å²) in [5.74, 6) is -0.436. The average molecular weight is 285 g/mol. The number of hydrogen-bond acceptors (Lipinski definition) is 3. The SMILES string of the molecule is O=C(c1ccccc1Cl)N1N=Cc2ccccc2B1O. The summed E-state index contributed by atoms with van der Waals surface area (Å²) in [7, 11) is -1.11. The van der Waals surface area contributed by atoms with Crippen molar-refractivity contribution in [2.75, 3.05) is 0 Å². The number of carbonyl (C=O) groups excluding carboxylic acids is 1. The van der Waals surface area contributed by atoms with Crippen molar-refractivity contribution in [2.45, 2.75) is 0 Å². The quantitative estimate of drug-likeness (QED) is 0.807. The van der Waals surface area contributed by atoms with Crippen LogP contribution in [0.3, 0.4) is 0 Å². The van der Waals surface area contributed by atoms with Crippen LogP contribution in [0.25, 0.3) is 0 Å². The summed E-state index contributed by atoms with van der Waals surface area (Å²) in [5, 5.41) is 14.6. The number of carbonyl (C=O) groups is 1. The molecule has 0 aliphatic carbocycles. The molecule has 0 bridgehead atoms. The molecule has 1 aliphatic heterocycles. The minimum absolute atomic E-state index is 0.310. The smallest absolute Gasteiger partial charge is 0.427 e. The Morgan fingerprint density at radius 2 is 1.85 bits per heavy atom. The summed E-state index contributed by atoms with van der Waals surface area (Å²) in [4.78, 5) is 13.4. The number of nitrogens with zero attached hydrogens (tertiary/aromatic N) is 2. The Morgan fingerprint density at radius 3 is 2.65 bits per heavy atom. The Bertz CT molecular complexity index is 705. The van der Waals surface area contributed by atoms with E-state index in [1.54, 1.807) is 42.6 Å². The molecule has 1 amide bonds. The summed E-state index contributed by atoms with van der Waals surface area (Å²) in [6.45, 7) is 0. The lowest BCUT2D eigenvalue weighted by atomic mass is 9.69. The fourth-order valence-electron chi connectivity index (χ4n) is 2.10. The van der Waals surface area contributed by atoms with E-state index < -0.39 is 13.0 Å². The van der Waals surface area contributed by atoms with Crippen molar-refractivity contribution >= 4 is 36.2 Å². The number of halogens is 1. The van der Waals surface area contributed by atoms with Gasteiger partial charge in [0, 0.05) is 0 Å². The van der Waals surface area contributed by atoms with Crippen molar-refractivity contribution in [1.82, 2.24) is 4.92 Å². The Morgan fingerprint density at radius 1 is 1.15 bits per heavy atom. The van der Waals surface area contributed by atoms with Crippen molar-refractivity contribution in [1.29, 1.82) is 0 Å². The fraction of sp³-hybridized carbons (Fsp3) is 0. The van der Waals surface area contributed by atoms with Crippen molar-refractivity contribution in [3.63, 3.8) is 0 Å². The minimum Gasteiger partial charge on any atom is -0.427 e. The lowest BCUT2D eigenvalue weighted by Crippen LogP contribution is -2.52. The standard InChI is InChI=1S/C14H10BClN2O2/c16-13-8-4-2-6-11(13)14(19)18-15(20)12-7-3-1-5-10(12)9-17-18/h1-9,20H. The third kappa shape index (κ3) is 2.11. The number of fused-ring (bicyclic) bond motifs is 1. The van der Waals surface area contributed by atoms with Gasteiger partial charge in [-0.3, -0.25) is 4.79 Å². The average Bonchev–Trinajstić information content (AvgIpc) is 2.48. The molecule has 2 aromatic carbocycles. The second-order valence-corrected chi connectivity index (χ2v) is 4.78. The molecule has 0 aromatic heterocycles. The molecule has 0 fully saturated rings. The van der Waals surface area contributed by atoms with Crippen LogP contribution in [0.1, 0.15) is 15.9 Å². The summed E-state index contributed by atoms with van der Waals surface area (Å²) in [6, 6.07) is 13.9. The molecule has 1 aliphatic rings. The maximum Gasteiger partial charge on any atom is 0.474 e. The molecule has 2 aromatic rings. The lowest BCUT2D eigenvalue weighted by Gasteiger charge is -2.25. The van der Waals surface area contributed by atoms with Gasteiger partial charge in [0.2, 0.25) is 0 Å². The van der Waals surface area contributed by atoms with Crippen molar-refractivity contribution < 1.29 is 9.82 Å². The summed E-state index contributed by atoms with van der Waals surface area (Å²) >= 11 is 6.01. The number of rotatable bonds is 1. The second kappa shape index (κ2) is 5.11. The first kappa shape index (κ1) is 12.9. The number of hydrogen-bond donors (Lipinski definition) is 1. The Balaban J connectivity index is 1.98. The van der Waals surface area contributed by atoms with E-state index in [-0.39, 0.29) is 0 Å². The van der Waals surface area contributed by atoms with E-state index in [0.717, 1.165) is 10.5 Å². The highest BCUT2D eigenvalue weighted by atomic mass is 35.5. The van der Waals surface area contributed by atoms with Crippen molar-refractivity contribution in [3.05, 3.63) is 64.7 Å². The fourth-order valence-corrected chi connectivity index (χ4v) is 2.32. The minimum atomic E-state index is -1.11. The molecule has 6 heteroatoms. The summed E-state index contributed by atoms with van der Waals surface area (Å²) in [6.07, 6.45) is 1.55. The molecule has 0 unspecified atom stereocenters. The largest absolute Gasteiger partial charge is 0.474 e. The van der Waals surface area contributed by atoms with E-state index in [9.17, 15) is 9.82 Å². The number of benzene rings is 2. The maximum absolute atomic E-state index is 12.4. The zero-order chi connectivity index (χ0) is 14.1. The number of hydrazone groups is 1. The van der Waals surface area contributed by atoms with Gasteiger partial charge in [-0.1, -0.05) is 48.0 Å². The van der Waals surface area contributed by atoms with Gasteiger partial charge in [0.25, 0.3) is 5.91 Å². The van der Waals surface area contributed by atoms with E-state index in [1.807, 2.05) is 12.1 Å². The molecule has 1 heterocycles. The molecule has 20 heavy (non-hydrogen) atoms. The monoisotopic (exact) mass is 284 g/mol. The van der Waals surface area contributed by atoms with E-state index in [4.69, 9.17) is 11.6 Å². The van der Waals surface area contributed by atoms with Gasteiger partial charge in [0.1, 0.15) is 0 Å². The van der Waals surface area contributed by atoms with Gasteiger partial charge in [0.15, 0.2) is 0 Å². The molecule has 3 rings (SSSR count). The van der Waals surface area contributed by atoms with Crippen LogP contribution in [0, 0.1) is 0 Å². The maximum atomic E-state index is 12.4. The molecule has 0 saturated carbocycles. The molecule has 4 nitrogen and oxygen atoms in total. The third-order valence-electron chi connectivity index (χ3n) is 3.14. The van der Waals surface area contributed by atoms with Crippen molar-refractivity contribution in [3.8, 4) is 0 Å². The molecule has 1 N–H and O–H groups in total. The normalized spacial score (nSPS) is 13.3. The first-order valence-corrected chi connectivity index (χ1v) is 6.45. The summed E-state index contributed by atoms with van der Waals surface area (Å²) < 4.78 is 0. The van der Waals surface area contributed by atoms with E-state index in [0.29, 0.717) is 16.0 Å². The van der Waals surface area contributed by atoms with Gasteiger partial charge >= 0.3 is 7.05 Å². The summed E-state index contributed by atoms with van der Waals surface area (Å²) in [5.41, 5.74) is 1.75. The molecule has 0 saturated heterocycles. The Kier molecular flexibility index (Phi) is 3.30. The van der Waals surface area contributed by atoms with E-state index >= 15 is 0 Å². The van der Waals surface area contributed by atoms with Crippen LogP contribution in [0.15, 0.2) is 53.6 Å². The highest BCUT2D eigenvalue weighted by molar-refractivity contribution is 6.68. The molecular weight excluding hydrogens is 274 g/mol. The van der Waals surface area contributed by atoms with Gasteiger partial charge in [-0.2, -0.15) is 5.10 Å². The Labute approximate surface area is 121 Å². The lowest BCUT2D eigenvalue weighted by molar-refractivity contribution is 0.0846. The van der Waals surface area contributed by atoms with Crippen molar-refractivity contribution in [2.24, 2.45) is 5.10 Å². The zero-order valence-electron chi connectivity index (χ0n) is 10.4. The molecule has 0 spiro atoms. The van der Waals surface area contributed by atoms with Crippen LogP contribution in [-0.2, 0) is 0 Å². The molecule has 0 atom stereocenters. The van der Waals surface area contributed by atoms with Gasteiger partial charge in [-0.25, -0.2) is 4.92 Å². The third-order valence-corrected chi connectivity index (χ3v) is 3.47. The molecule has 98 valence electrons. The van der Waals surface area contributed by atoms with Gasteiger partial charge < -0.3 is 5.02 Å². The van der Waals surface area contributed by atoms with Gasteiger partial charge in [0.05, 0.1) is 16.8 Å². The molecule has 0 radical (unpaired) electrons. The predicted octanol–water partition coefficient (Wildman–Crippen LogP) is 1.52. The van der Waals surface area contributed by atoms with E-state index in [1.165, 1.54) is 0 Å². The van der Waals surface area contributed by atoms with Crippen LogP contribution in [-0.4, -0.2) is 29.1 Å². The van der Waals surface area contributed by atoms with Crippen LogP contribution >= 0.6 is 11.6 Å². The van der Waals surface area contributed by atoms with Gasteiger partial charge in [-0.05, 0) is 23.2 Å². The topological polar surface area (TPSA) is 52.9 Å². The van der Waals surface area contributed by atoms with E-state index in [2.05, 4.69) is 5.10 Å². The zero-order valence-corrected chi connectivity index (χ0v) is 11.2. The van der Waals surface area contributed by atoms with Crippen LogP contribution in [0.2, 0.25) is 5.02 Å². The second-order valence-electron chi connectivity index (χ2n) is 4.38. The van der Waals surface area contributed by atoms with Crippen LogP contribution in [0.5, 0.6) is 0 Å². The van der Waals surface area contributed by atoms with Crippen LogP contribution < -0.4 is 5.46 Å². The van der Waals surface area contributed by atoms with Gasteiger partial charge in [-0.15, -0.1) is 0 Å². The predicted molar refractivity (Wildman–Crippen MR) is 79.3 cm³/mol. The Hall–Kier alpha value is -2.11. The highest BCUT2D eigenvalue weighted by Crippen LogP contribution is 2.18. The first-order valence-electron chi connectivity index (χ1n) is 6.07. The first-order chi connectivity index (χ1) is 9.68.